The van der Waals surface area contributed by atoms with Crippen molar-refractivity contribution in [3.05, 3.63) is 22.6 Å². The normalized spacial score (nSPS) is 19.8. The van der Waals surface area contributed by atoms with Gasteiger partial charge in [0.15, 0.2) is 4.67 Å². The number of rotatable bonds is 3. The Kier molecular flexibility index (Phi) is 2.74. The average molecular weight is 244 g/mol. The molecule has 1 saturated carbocycles. The third-order valence-corrected chi connectivity index (χ3v) is 3.04. The van der Waals surface area contributed by atoms with Crippen molar-refractivity contribution in [1.29, 1.82) is 0 Å². The van der Waals surface area contributed by atoms with Crippen molar-refractivity contribution < 1.29 is 4.42 Å². The molecule has 1 aromatic rings. The summed E-state index contributed by atoms with van der Waals surface area (Å²) in [5.74, 6) is 1.01. The van der Waals surface area contributed by atoms with E-state index in [4.69, 9.17) is 4.42 Å². The Bertz CT molecular complexity index is 280. The molecule has 1 heterocycles. The molecule has 0 aliphatic heterocycles. The number of hydrogen-bond donors (Lipinski definition) is 1. The predicted octanol–water partition coefficient (Wildman–Crippen LogP) is 3.25. The van der Waals surface area contributed by atoms with Gasteiger partial charge in [0.05, 0.1) is 6.04 Å². The first-order valence-electron chi connectivity index (χ1n) is 4.77. The van der Waals surface area contributed by atoms with Crippen molar-refractivity contribution in [2.45, 2.75) is 38.3 Å². The van der Waals surface area contributed by atoms with E-state index in [1.54, 1.807) is 0 Å². The lowest BCUT2D eigenvalue weighted by Crippen LogP contribution is -2.36. The van der Waals surface area contributed by atoms with Gasteiger partial charge in [0.25, 0.3) is 0 Å². The zero-order valence-corrected chi connectivity index (χ0v) is 9.30. The van der Waals surface area contributed by atoms with Gasteiger partial charge in [-0.1, -0.05) is 6.42 Å². The monoisotopic (exact) mass is 243 g/mol. The molecule has 2 nitrogen and oxygen atoms in total. The molecule has 1 aliphatic rings. The molecule has 0 bridgehead atoms. The highest BCUT2D eigenvalue weighted by Crippen LogP contribution is 2.24. The van der Waals surface area contributed by atoms with Gasteiger partial charge < -0.3 is 9.73 Å². The summed E-state index contributed by atoms with van der Waals surface area (Å²) in [4.78, 5) is 0. The van der Waals surface area contributed by atoms with Crippen molar-refractivity contribution in [2.75, 3.05) is 0 Å². The highest BCUT2D eigenvalue weighted by atomic mass is 79.9. The van der Waals surface area contributed by atoms with Crippen molar-refractivity contribution in [3.8, 4) is 0 Å². The van der Waals surface area contributed by atoms with E-state index in [2.05, 4.69) is 28.2 Å². The maximum Gasteiger partial charge on any atom is 0.169 e. The minimum Gasteiger partial charge on any atom is -0.453 e. The minimum atomic E-state index is 0.330. The fourth-order valence-electron chi connectivity index (χ4n) is 1.57. The van der Waals surface area contributed by atoms with Crippen molar-refractivity contribution >= 4 is 15.9 Å². The highest BCUT2D eigenvalue weighted by Gasteiger charge is 2.20. The minimum absolute atomic E-state index is 0.330. The van der Waals surface area contributed by atoms with Crippen LogP contribution in [-0.2, 0) is 0 Å². The van der Waals surface area contributed by atoms with Crippen LogP contribution in [0, 0.1) is 0 Å². The standard InChI is InChI=1S/C10H14BrNO/c1-7(12-8-3-2-4-8)9-5-6-10(11)13-9/h5-8,12H,2-4H2,1H3. The summed E-state index contributed by atoms with van der Waals surface area (Å²) >= 11 is 3.30. The zero-order chi connectivity index (χ0) is 9.26. The van der Waals surface area contributed by atoms with E-state index in [1.165, 1.54) is 19.3 Å². The lowest BCUT2D eigenvalue weighted by atomic mass is 9.92. The second kappa shape index (κ2) is 3.84. The lowest BCUT2D eigenvalue weighted by Gasteiger charge is -2.29. The van der Waals surface area contributed by atoms with Crippen LogP contribution in [0.4, 0.5) is 0 Å². The van der Waals surface area contributed by atoms with E-state index in [0.717, 1.165) is 10.4 Å². The van der Waals surface area contributed by atoms with E-state index in [-0.39, 0.29) is 0 Å². The van der Waals surface area contributed by atoms with Gasteiger partial charge in [-0.15, -0.1) is 0 Å². The molecule has 0 aromatic carbocycles. The second-order valence-corrected chi connectivity index (χ2v) is 4.44. The fourth-order valence-corrected chi connectivity index (χ4v) is 1.89. The Morgan fingerprint density at radius 1 is 1.54 bits per heavy atom. The van der Waals surface area contributed by atoms with Gasteiger partial charge in [-0.3, -0.25) is 0 Å². The van der Waals surface area contributed by atoms with Crippen LogP contribution in [0.5, 0.6) is 0 Å². The van der Waals surface area contributed by atoms with Crippen LogP contribution < -0.4 is 5.32 Å². The first-order chi connectivity index (χ1) is 6.25. The van der Waals surface area contributed by atoms with Gasteiger partial charge in [-0.25, -0.2) is 0 Å². The maximum absolute atomic E-state index is 5.47. The number of furan rings is 1. The summed E-state index contributed by atoms with van der Waals surface area (Å²) < 4.78 is 6.28. The molecule has 72 valence electrons. The Balaban J connectivity index is 1.92. The Labute approximate surface area is 86.8 Å². The number of halogens is 1. The molecule has 0 saturated heterocycles. The molecule has 1 N–H and O–H groups in total. The van der Waals surface area contributed by atoms with Gasteiger partial charge in [0.1, 0.15) is 5.76 Å². The van der Waals surface area contributed by atoms with E-state index in [0.29, 0.717) is 12.1 Å². The van der Waals surface area contributed by atoms with Gasteiger partial charge in [0.2, 0.25) is 0 Å². The summed E-state index contributed by atoms with van der Waals surface area (Å²) in [6.07, 6.45) is 3.99. The van der Waals surface area contributed by atoms with Crippen LogP contribution in [0.1, 0.15) is 38.0 Å². The Hall–Kier alpha value is -0.280. The van der Waals surface area contributed by atoms with Crippen LogP contribution in [0.15, 0.2) is 21.2 Å². The molecule has 1 fully saturated rings. The Morgan fingerprint density at radius 3 is 2.77 bits per heavy atom. The molecule has 3 heteroatoms. The molecular weight excluding hydrogens is 230 g/mol. The summed E-state index contributed by atoms with van der Waals surface area (Å²) in [6.45, 7) is 2.14. The predicted molar refractivity (Wildman–Crippen MR) is 55.6 cm³/mol. The van der Waals surface area contributed by atoms with Crippen molar-refractivity contribution in [3.63, 3.8) is 0 Å². The molecule has 0 spiro atoms. The van der Waals surface area contributed by atoms with E-state index in [9.17, 15) is 0 Å². The topological polar surface area (TPSA) is 25.2 Å². The third kappa shape index (κ3) is 2.15. The summed E-state index contributed by atoms with van der Waals surface area (Å²) in [5, 5.41) is 3.53. The van der Waals surface area contributed by atoms with Crippen molar-refractivity contribution in [1.82, 2.24) is 5.32 Å². The first-order valence-corrected chi connectivity index (χ1v) is 5.56. The molecule has 1 aliphatic carbocycles. The van der Waals surface area contributed by atoms with Crippen LogP contribution in [0.25, 0.3) is 0 Å². The van der Waals surface area contributed by atoms with Gasteiger partial charge in [-0.2, -0.15) is 0 Å². The van der Waals surface area contributed by atoms with Gasteiger partial charge in [-0.05, 0) is 47.8 Å². The van der Waals surface area contributed by atoms with E-state index < -0.39 is 0 Å². The summed E-state index contributed by atoms with van der Waals surface area (Å²) in [7, 11) is 0. The summed E-state index contributed by atoms with van der Waals surface area (Å²) in [5.41, 5.74) is 0. The molecule has 1 aromatic heterocycles. The average Bonchev–Trinajstić information content (AvgIpc) is 2.44. The third-order valence-electron chi connectivity index (χ3n) is 2.61. The van der Waals surface area contributed by atoms with Gasteiger partial charge in [0, 0.05) is 6.04 Å². The smallest absolute Gasteiger partial charge is 0.169 e. The zero-order valence-electron chi connectivity index (χ0n) is 7.72. The Morgan fingerprint density at radius 2 is 2.31 bits per heavy atom. The quantitative estimate of drug-likeness (QED) is 0.882. The largest absolute Gasteiger partial charge is 0.453 e. The first kappa shape index (κ1) is 9.28. The fraction of sp³-hybridized carbons (Fsp3) is 0.600. The highest BCUT2D eigenvalue weighted by molar-refractivity contribution is 9.10. The molecule has 13 heavy (non-hydrogen) atoms. The second-order valence-electron chi connectivity index (χ2n) is 3.66. The maximum atomic E-state index is 5.47. The van der Waals surface area contributed by atoms with E-state index >= 15 is 0 Å². The van der Waals surface area contributed by atoms with Crippen molar-refractivity contribution in [2.24, 2.45) is 0 Å². The molecule has 0 radical (unpaired) electrons. The summed E-state index contributed by atoms with van der Waals surface area (Å²) in [6, 6.07) is 4.99. The molecule has 1 atom stereocenters. The van der Waals surface area contributed by atoms with Gasteiger partial charge >= 0.3 is 0 Å². The molecule has 1 unspecified atom stereocenters. The number of nitrogens with one attached hydrogen (secondary N) is 1. The molecular formula is C10H14BrNO. The molecule has 0 amide bonds. The SMILES string of the molecule is CC(NC1CCC1)c1ccc(Br)o1. The molecule has 2 rings (SSSR count). The van der Waals surface area contributed by atoms with Crippen LogP contribution >= 0.6 is 15.9 Å². The lowest BCUT2D eigenvalue weighted by molar-refractivity contribution is 0.292. The van der Waals surface area contributed by atoms with Crippen LogP contribution in [0.2, 0.25) is 0 Å². The van der Waals surface area contributed by atoms with E-state index in [1.807, 2.05) is 12.1 Å². The number of hydrogen-bond acceptors (Lipinski definition) is 2. The van der Waals surface area contributed by atoms with Crippen LogP contribution in [0.3, 0.4) is 0 Å². The van der Waals surface area contributed by atoms with Crippen LogP contribution in [-0.4, -0.2) is 6.04 Å².